The average Bonchev–Trinajstić information content (AvgIpc) is 3.29. The second kappa shape index (κ2) is 7.73. The lowest BCUT2D eigenvalue weighted by Gasteiger charge is -2.19. The molecule has 1 amide bonds. The summed E-state index contributed by atoms with van der Waals surface area (Å²) in [6.45, 7) is 3.59. The van der Waals surface area contributed by atoms with E-state index in [4.69, 9.17) is 4.74 Å². The van der Waals surface area contributed by atoms with E-state index in [1.54, 1.807) is 10.7 Å². The third-order valence-corrected chi connectivity index (χ3v) is 5.28. The number of aryl methyl sites for hydroxylation is 1. The molecule has 1 aliphatic heterocycles. The summed E-state index contributed by atoms with van der Waals surface area (Å²) in [6, 6.07) is 6.60. The number of carbonyl (C=O) groups is 1. The number of aromatic nitrogens is 3. The molecule has 2 N–H and O–H groups in total. The number of ether oxygens (including phenoxy) is 1. The molecule has 0 bridgehead atoms. The fraction of sp³-hybridized carbons (Fsp3) is 0.318. The van der Waals surface area contributed by atoms with Crippen LogP contribution in [0.15, 0.2) is 36.5 Å². The molecular weight excluding hydrogens is 406 g/mol. The largest absolute Gasteiger partial charge is 0.481 e. The Morgan fingerprint density at radius 3 is 2.74 bits per heavy atom. The normalized spacial score (nSPS) is 15.6. The van der Waals surface area contributed by atoms with Crippen molar-refractivity contribution in [2.75, 3.05) is 7.11 Å². The minimum atomic E-state index is -1.28. The van der Waals surface area contributed by atoms with Gasteiger partial charge in [0.1, 0.15) is 5.82 Å². The molecule has 7 nitrogen and oxygen atoms in total. The number of aliphatic hydroxyl groups is 1. The van der Waals surface area contributed by atoms with Gasteiger partial charge < -0.3 is 15.2 Å². The van der Waals surface area contributed by atoms with Crippen LogP contribution in [0.1, 0.15) is 47.9 Å². The zero-order chi connectivity index (χ0) is 22.3. The molecule has 4 rings (SSSR count). The molecule has 0 saturated carbocycles. The quantitative estimate of drug-likeness (QED) is 0.651. The van der Waals surface area contributed by atoms with Crippen molar-refractivity contribution in [3.05, 3.63) is 65.0 Å². The van der Waals surface area contributed by atoms with Crippen LogP contribution in [0.4, 0.5) is 8.78 Å². The van der Waals surface area contributed by atoms with Crippen molar-refractivity contribution >= 4 is 5.91 Å². The van der Waals surface area contributed by atoms with Crippen molar-refractivity contribution in [3.63, 3.8) is 0 Å². The van der Waals surface area contributed by atoms with Crippen LogP contribution < -0.4 is 10.1 Å². The molecule has 1 aliphatic rings. The Labute approximate surface area is 177 Å². The van der Waals surface area contributed by atoms with Crippen LogP contribution in [-0.2, 0) is 12.1 Å². The number of amides is 1. The molecule has 1 atom stereocenters. The number of hydrogen-bond donors (Lipinski definition) is 2. The minimum absolute atomic E-state index is 0.111. The van der Waals surface area contributed by atoms with Gasteiger partial charge in [0.2, 0.25) is 5.88 Å². The lowest BCUT2D eigenvalue weighted by atomic mass is 9.96. The van der Waals surface area contributed by atoms with Gasteiger partial charge in [-0.15, -0.1) is 0 Å². The summed E-state index contributed by atoms with van der Waals surface area (Å²) in [6.07, 6.45) is 1.67. The van der Waals surface area contributed by atoms with Gasteiger partial charge in [0.05, 0.1) is 36.3 Å². The highest BCUT2D eigenvalue weighted by Crippen LogP contribution is 2.32. The number of nitrogens with one attached hydrogen (secondary N) is 1. The van der Waals surface area contributed by atoms with E-state index in [1.807, 2.05) is 0 Å². The van der Waals surface area contributed by atoms with E-state index in [0.29, 0.717) is 24.2 Å². The van der Waals surface area contributed by atoms with Gasteiger partial charge in [-0.05, 0) is 50.1 Å². The van der Waals surface area contributed by atoms with Crippen molar-refractivity contribution < 1.29 is 23.4 Å². The maximum atomic E-state index is 14.3. The molecule has 162 valence electrons. The number of benzene rings is 1. The van der Waals surface area contributed by atoms with Crippen LogP contribution in [-0.4, -0.2) is 32.9 Å². The summed E-state index contributed by atoms with van der Waals surface area (Å²) in [7, 11) is 1.44. The number of rotatable bonds is 5. The lowest BCUT2D eigenvalue weighted by molar-refractivity contribution is 0.0780. The molecule has 3 aromatic rings. The van der Waals surface area contributed by atoms with E-state index in [0.717, 1.165) is 18.0 Å². The van der Waals surface area contributed by atoms with Crippen LogP contribution >= 0.6 is 0 Å². The number of fused-ring (bicyclic) bond motifs is 1. The Balaban J connectivity index is 1.59. The fourth-order valence-corrected chi connectivity index (χ4v) is 3.61. The van der Waals surface area contributed by atoms with Gasteiger partial charge in [-0.25, -0.2) is 13.8 Å². The van der Waals surface area contributed by atoms with E-state index < -0.39 is 23.1 Å². The number of pyridine rings is 1. The first kappa shape index (κ1) is 20.9. The van der Waals surface area contributed by atoms with Gasteiger partial charge >= 0.3 is 0 Å². The third-order valence-electron chi connectivity index (χ3n) is 5.28. The second-order valence-corrected chi connectivity index (χ2v) is 7.99. The number of carbonyl (C=O) groups excluding carboxylic acids is 1. The fourth-order valence-electron chi connectivity index (χ4n) is 3.61. The van der Waals surface area contributed by atoms with Gasteiger partial charge in [0, 0.05) is 23.7 Å². The summed E-state index contributed by atoms with van der Waals surface area (Å²) in [5, 5.41) is 17.5. The van der Waals surface area contributed by atoms with Crippen LogP contribution in [0, 0.1) is 11.6 Å². The smallest absolute Gasteiger partial charge is 0.251 e. The first-order valence-electron chi connectivity index (χ1n) is 9.77. The van der Waals surface area contributed by atoms with Crippen molar-refractivity contribution in [2.45, 2.75) is 38.5 Å². The van der Waals surface area contributed by atoms with Crippen molar-refractivity contribution in [3.8, 4) is 17.1 Å². The number of halogens is 2. The Morgan fingerprint density at radius 1 is 1.26 bits per heavy atom. The van der Waals surface area contributed by atoms with Crippen LogP contribution in [0.3, 0.4) is 0 Å². The van der Waals surface area contributed by atoms with E-state index in [1.165, 1.54) is 39.2 Å². The molecule has 3 heterocycles. The molecule has 1 aromatic carbocycles. The van der Waals surface area contributed by atoms with Crippen LogP contribution in [0.2, 0.25) is 0 Å². The van der Waals surface area contributed by atoms with E-state index in [9.17, 15) is 18.7 Å². The minimum Gasteiger partial charge on any atom is -0.481 e. The summed E-state index contributed by atoms with van der Waals surface area (Å²) in [4.78, 5) is 16.6. The lowest BCUT2D eigenvalue weighted by Crippen LogP contribution is -2.28. The first-order valence-corrected chi connectivity index (χ1v) is 9.77. The molecular formula is C22H22F2N4O3. The summed E-state index contributed by atoms with van der Waals surface area (Å²) < 4.78 is 35.0. The summed E-state index contributed by atoms with van der Waals surface area (Å²) in [5.74, 6) is -1.34. The van der Waals surface area contributed by atoms with E-state index in [-0.39, 0.29) is 23.0 Å². The van der Waals surface area contributed by atoms with Gasteiger partial charge in [0.25, 0.3) is 5.91 Å². The standard InChI is InChI=1S/C22H22F2N4O3/c1-22(2,30)13-6-12(7-14(23)8-13)21(29)26-17-4-5-28-19(17)10-18(27-28)15-9-20(31-3)25-11-16(15)24/h6-11,17,30H,4-5H2,1-3H3,(H,26,29)/t17-/m1/s1. The number of hydrogen-bond acceptors (Lipinski definition) is 5. The summed E-state index contributed by atoms with van der Waals surface area (Å²) >= 11 is 0. The third kappa shape index (κ3) is 4.13. The Hall–Kier alpha value is -3.33. The zero-order valence-electron chi connectivity index (χ0n) is 17.3. The predicted octanol–water partition coefficient (Wildman–Crippen LogP) is 3.33. The Bertz CT molecular complexity index is 1150. The molecule has 0 saturated heterocycles. The molecule has 9 heteroatoms. The van der Waals surface area contributed by atoms with Gasteiger partial charge in [-0.1, -0.05) is 0 Å². The van der Waals surface area contributed by atoms with Crippen molar-refractivity contribution in [1.82, 2.24) is 20.1 Å². The Kier molecular flexibility index (Phi) is 5.22. The highest BCUT2D eigenvalue weighted by atomic mass is 19.1. The summed E-state index contributed by atoms with van der Waals surface area (Å²) in [5.41, 5.74) is 0.505. The van der Waals surface area contributed by atoms with Gasteiger partial charge in [-0.3, -0.25) is 9.48 Å². The molecule has 2 aromatic heterocycles. The van der Waals surface area contributed by atoms with Crippen LogP contribution in [0.5, 0.6) is 5.88 Å². The van der Waals surface area contributed by atoms with Crippen molar-refractivity contribution in [2.24, 2.45) is 0 Å². The molecule has 0 spiro atoms. The zero-order valence-corrected chi connectivity index (χ0v) is 17.3. The molecule has 0 radical (unpaired) electrons. The predicted molar refractivity (Wildman–Crippen MR) is 108 cm³/mol. The molecule has 31 heavy (non-hydrogen) atoms. The highest BCUT2D eigenvalue weighted by molar-refractivity contribution is 5.94. The maximum Gasteiger partial charge on any atom is 0.251 e. The first-order chi connectivity index (χ1) is 14.7. The van der Waals surface area contributed by atoms with E-state index >= 15 is 0 Å². The van der Waals surface area contributed by atoms with E-state index in [2.05, 4.69) is 15.4 Å². The molecule has 0 fully saturated rings. The molecule has 0 unspecified atom stereocenters. The number of nitrogens with zero attached hydrogens (tertiary/aromatic N) is 3. The second-order valence-electron chi connectivity index (χ2n) is 7.99. The monoisotopic (exact) mass is 428 g/mol. The number of methoxy groups -OCH3 is 1. The Morgan fingerprint density at radius 2 is 2.03 bits per heavy atom. The van der Waals surface area contributed by atoms with Crippen molar-refractivity contribution in [1.29, 1.82) is 0 Å². The highest BCUT2D eigenvalue weighted by Gasteiger charge is 2.28. The average molecular weight is 428 g/mol. The van der Waals surface area contributed by atoms with Crippen LogP contribution in [0.25, 0.3) is 11.3 Å². The van der Waals surface area contributed by atoms with Gasteiger partial charge in [-0.2, -0.15) is 5.10 Å². The maximum absolute atomic E-state index is 14.3. The van der Waals surface area contributed by atoms with Gasteiger partial charge in [0.15, 0.2) is 5.82 Å². The SMILES string of the molecule is COc1cc(-c2cc3n(n2)CC[C@H]3NC(=O)c2cc(F)cc(C(C)(C)O)c2)c(F)cn1. The topological polar surface area (TPSA) is 89.3 Å². The molecule has 0 aliphatic carbocycles.